The number of nitrogens with zero attached hydrogens (tertiary/aromatic N) is 1. The Balaban J connectivity index is 0.00000280. The van der Waals surface area contributed by atoms with Crippen LogP contribution in [0, 0.1) is 0 Å². The van der Waals surface area contributed by atoms with Gasteiger partial charge >= 0.3 is 16.5 Å². The topological polar surface area (TPSA) is 84.8 Å². The molecule has 0 aromatic heterocycles. The van der Waals surface area contributed by atoms with Gasteiger partial charge in [-0.15, -0.1) is 0 Å². The van der Waals surface area contributed by atoms with E-state index >= 15 is 0 Å². The Morgan fingerprint density at radius 2 is 1.51 bits per heavy atom. The summed E-state index contributed by atoms with van der Waals surface area (Å²) in [5.41, 5.74) is 4.21. The van der Waals surface area contributed by atoms with Crippen LogP contribution in [-0.4, -0.2) is 17.2 Å². The number of carbonyl (C=O) groups is 1. The minimum atomic E-state index is -0.103. The van der Waals surface area contributed by atoms with E-state index in [1.165, 1.54) is 0 Å². The van der Waals surface area contributed by atoms with Crippen LogP contribution in [0.4, 0.5) is 11.4 Å². The van der Waals surface area contributed by atoms with Gasteiger partial charge in [-0.2, -0.15) is 0 Å². The van der Waals surface area contributed by atoms with Gasteiger partial charge in [0.1, 0.15) is 5.75 Å². The normalized spacial score (nSPS) is 12.8. The quantitative estimate of drug-likeness (QED) is 0.166. The first-order valence-electron chi connectivity index (χ1n) is 11.7. The Hall–Kier alpha value is -4.41. The van der Waals surface area contributed by atoms with Crippen LogP contribution in [0.2, 0.25) is 0 Å². The summed E-state index contributed by atoms with van der Waals surface area (Å²) in [5, 5.41) is 29.9. The number of rotatable bonds is 4. The number of fused-ring (bicyclic) bond motifs is 3. The number of aromatic hydroxyl groups is 1. The number of benzene rings is 5. The fraction of sp³-hybridized carbons (Fsp3) is 0.0323. The summed E-state index contributed by atoms with van der Waals surface area (Å²) in [6, 6.07) is 26.3. The van der Waals surface area contributed by atoms with E-state index in [0.29, 0.717) is 16.8 Å². The summed E-state index contributed by atoms with van der Waals surface area (Å²) in [6.45, 7) is 0. The van der Waals surface area contributed by atoms with Crippen molar-refractivity contribution < 1.29 is 31.5 Å². The second kappa shape index (κ2) is 9.92. The minimum absolute atomic E-state index is 0. The molecule has 6 heteroatoms. The third-order valence-electron chi connectivity index (χ3n) is 6.52. The van der Waals surface area contributed by atoms with Gasteiger partial charge in [-0.3, -0.25) is 9.79 Å². The van der Waals surface area contributed by atoms with Gasteiger partial charge in [0, 0.05) is 23.0 Å². The van der Waals surface area contributed by atoms with Gasteiger partial charge in [-0.05, 0) is 56.9 Å². The van der Waals surface area contributed by atoms with Gasteiger partial charge in [-0.1, -0.05) is 78.6 Å². The fourth-order valence-corrected chi connectivity index (χ4v) is 4.70. The first-order chi connectivity index (χ1) is 17.6. The molecule has 0 atom stereocenters. The van der Waals surface area contributed by atoms with Crippen molar-refractivity contribution in [2.24, 2.45) is 4.99 Å². The Labute approximate surface area is 223 Å². The van der Waals surface area contributed by atoms with E-state index < -0.39 is 0 Å². The van der Waals surface area contributed by atoms with Crippen molar-refractivity contribution in [2.45, 2.75) is 6.42 Å². The average molecular weight is 528 g/mol. The number of phenolic OH excluding ortho intramolecular Hbond substituents is 1. The zero-order valence-electron chi connectivity index (χ0n) is 19.5. The van der Waals surface area contributed by atoms with Crippen molar-refractivity contribution in [1.82, 2.24) is 0 Å². The number of aliphatic imine (C=N–C) groups is 1. The Bertz CT molecular complexity index is 1610. The van der Waals surface area contributed by atoms with Crippen LogP contribution in [-0.2, 0) is 27.7 Å². The molecule has 0 fully saturated rings. The molecule has 0 bridgehead atoms. The van der Waals surface area contributed by atoms with Crippen molar-refractivity contribution >= 4 is 57.2 Å². The maximum Gasteiger partial charge on any atom is 2.00 e. The SMILES string of the molecule is O=C1Cc2cc(N=Cc3c([O-])ccc4ccccc34)c(/C=C/c3c(O)ccc4ccccc34)cc2N1.[Ni+2]. The standard InChI is InChI=1S/C31H22N2O3.Ni/c34-29-13-10-19-5-1-3-7-23(19)25(29)12-9-21-15-28-22(17-31(36)33-28)16-27(21)32-18-26-24-8-4-2-6-20(24)11-14-30(26)35;/h1-16,18,34-35H,17H2,(H,33,36);/q;+2/p-1/b12-9+,32-18?;. The number of carbonyl (C=O) groups excluding carboxylic acids is 1. The molecule has 0 aliphatic carbocycles. The molecule has 5 aromatic carbocycles. The van der Waals surface area contributed by atoms with Crippen LogP contribution in [0.5, 0.6) is 11.5 Å². The first kappa shape index (κ1) is 24.3. The summed E-state index contributed by atoms with van der Waals surface area (Å²) in [6.07, 6.45) is 5.61. The Kier molecular flexibility index (Phi) is 6.51. The van der Waals surface area contributed by atoms with Crippen molar-refractivity contribution in [2.75, 3.05) is 5.32 Å². The third-order valence-corrected chi connectivity index (χ3v) is 6.52. The maximum absolute atomic E-state index is 12.7. The van der Waals surface area contributed by atoms with Crippen molar-refractivity contribution in [3.05, 3.63) is 107 Å². The molecular weight excluding hydrogens is 507 g/mol. The molecule has 5 nitrogen and oxygen atoms in total. The van der Waals surface area contributed by atoms with Crippen LogP contribution < -0.4 is 10.4 Å². The van der Waals surface area contributed by atoms with Gasteiger partial charge in [0.25, 0.3) is 0 Å². The van der Waals surface area contributed by atoms with E-state index in [9.17, 15) is 15.0 Å². The number of nitrogens with one attached hydrogen (secondary N) is 1. The van der Waals surface area contributed by atoms with E-state index in [0.717, 1.165) is 38.4 Å². The Morgan fingerprint density at radius 3 is 2.27 bits per heavy atom. The van der Waals surface area contributed by atoms with Crippen molar-refractivity contribution in [3.8, 4) is 11.5 Å². The van der Waals surface area contributed by atoms with Gasteiger partial charge in [0.15, 0.2) is 0 Å². The molecule has 0 radical (unpaired) electrons. The molecule has 0 spiro atoms. The number of anilines is 1. The van der Waals surface area contributed by atoms with E-state index in [-0.39, 0.29) is 40.3 Å². The van der Waals surface area contributed by atoms with Crippen LogP contribution in [0.15, 0.2) is 89.9 Å². The number of hydrogen-bond donors (Lipinski definition) is 2. The molecular formula is C31H21N2NiO3+. The van der Waals surface area contributed by atoms with Gasteiger partial charge in [-0.25, -0.2) is 0 Å². The van der Waals surface area contributed by atoms with Crippen molar-refractivity contribution in [1.29, 1.82) is 0 Å². The van der Waals surface area contributed by atoms with E-state index in [2.05, 4.69) is 5.32 Å². The largest absolute Gasteiger partial charge is 2.00 e. The number of phenols is 1. The molecule has 2 N–H and O–H groups in total. The summed E-state index contributed by atoms with van der Waals surface area (Å²) < 4.78 is 0. The van der Waals surface area contributed by atoms with Crippen LogP contribution in [0.3, 0.4) is 0 Å². The Morgan fingerprint density at radius 1 is 0.838 bits per heavy atom. The second-order valence-corrected chi connectivity index (χ2v) is 8.80. The van der Waals surface area contributed by atoms with Crippen LogP contribution >= 0.6 is 0 Å². The van der Waals surface area contributed by atoms with Crippen LogP contribution in [0.1, 0.15) is 22.3 Å². The van der Waals surface area contributed by atoms with Gasteiger partial charge in [0.05, 0.1) is 12.1 Å². The van der Waals surface area contributed by atoms with E-state index in [4.69, 9.17) is 4.99 Å². The summed E-state index contributed by atoms with van der Waals surface area (Å²) in [4.78, 5) is 16.7. The second-order valence-electron chi connectivity index (χ2n) is 8.80. The maximum atomic E-state index is 12.7. The van der Waals surface area contributed by atoms with Crippen molar-refractivity contribution in [3.63, 3.8) is 0 Å². The molecule has 182 valence electrons. The summed E-state index contributed by atoms with van der Waals surface area (Å²) in [7, 11) is 0. The van der Waals surface area contributed by atoms with E-state index in [1.54, 1.807) is 18.3 Å². The molecule has 5 aromatic rings. The molecule has 1 heterocycles. The van der Waals surface area contributed by atoms with E-state index in [1.807, 2.05) is 84.9 Å². The molecule has 1 aliphatic heterocycles. The zero-order chi connectivity index (χ0) is 24.6. The molecule has 0 saturated heterocycles. The van der Waals surface area contributed by atoms with Gasteiger partial charge < -0.3 is 15.5 Å². The number of amides is 1. The molecule has 37 heavy (non-hydrogen) atoms. The molecule has 0 saturated carbocycles. The predicted molar refractivity (Wildman–Crippen MR) is 144 cm³/mol. The smallest absolute Gasteiger partial charge is 0.872 e. The predicted octanol–water partition coefficient (Wildman–Crippen LogP) is 6.19. The van der Waals surface area contributed by atoms with Gasteiger partial charge in [0.2, 0.25) is 5.91 Å². The fourth-order valence-electron chi connectivity index (χ4n) is 4.70. The molecule has 6 rings (SSSR count). The third kappa shape index (κ3) is 4.60. The number of hydrogen-bond acceptors (Lipinski definition) is 4. The first-order valence-corrected chi connectivity index (χ1v) is 11.7. The summed E-state index contributed by atoms with van der Waals surface area (Å²) in [5.74, 6) is 0.00750. The summed E-state index contributed by atoms with van der Waals surface area (Å²) >= 11 is 0. The molecule has 0 unspecified atom stereocenters. The van der Waals surface area contributed by atoms with Crippen LogP contribution in [0.25, 0.3) is 33.7 Å². The average Bonchev–Trinajstić information content (AvgIpc) is 3.26. The monoisotopic (exact) mass is 527 g/mol. The molecule has 1 aliphatic rings. The molecule has 1 amide bonds. The minimum Gasteiger partial charge on any atom is -0.872 e. The zero-order valence-corrected chi connectivity index (χ0v) is 20.5.